The van der Waals surface area contributed by atoms with E-state index in [-0.39, 0.29) is 0 Å². The van der Waals surface area contributed by atoms with Crippen molar-refractivity contribution < 1.29 is 8.83 Å². The van der Waals surface area contributed by atoms with Crippen LogP contribution in [-0.4, -0.2) is 24.1 Å². The molecule has 0 aromatic carbocycles. The predicted octanol–water partition coefficient (Wildman–Crippen LogP) is 3.44. The molecule has 0 unspecified atom stereocenters. The molecule has 2 aromatic heterocycles. The van der Waals surface area contributed by atoms with Gasteiger partial charge in [0.15, 0.2) is 23.2 Å². The Morgan fingerprint density at radius 2 is 1.42 bits per heavy atom. The van der Waals surface area contributed by atoms with Crippen molar-refractivity contribution in [2.75, 3.05) is 0 Å². The maximum atomic E-state index is 11.1. The monoisotopic (exact) mass is 459 g/mol. The number of hydrogen-bond acceptors (Lipinski definition) is 8. The van der Waals surface area contributed by atoms with E-state index in [1.54, 1.807) is 29.7 Å². The molecule has 0 saturated heterocycles. The van der Waals surface area contributed by atoms with Crippen LogP contribution >= 0.6 is 11.3 Å². The van der Waals surface area contributed by atoms with Crippen LogP contribution in [0.15, 0.2) is 97.0 Å². The highest BCUT2D eigenvalue weighted by molar-refractivity contribution is 7.09. The van der Waals surface area contributed by atoms with E-state index in [9.17, 15) is 9.59 Å². The zero-order valence-electron chi connectivity index (χ0n) is 17.2. The molecule has 0 aliphatic carbocycles. The number of nitrogens with zero attached hydrogens (tertiary/aromatic N) is 5. The van der Waals surface area contributed by atoms with Crippen LogP contribution in [-0.2, 0) is 13.1 Å². The van der Waals surface area contributed by atoms with Gasteiger partial charge in [-0.3, -0.25) is 4.98 Å². The minimum Gasteiger partial charge on any atom is -0.405 e. The Morgan fingerprint density at radius 1 is 0.758 bits per heavy atom. The molecule has 0 fully saturated rings. The molecule has 0 spiro atoms. The van der Waals surface area contributed by atoms with E-state index in [0.717, 1.165) is 5.69 Å². The average molecular weight is 459 g/mol. The van der Waals surface area contributed by atoms with E-state index in [1.165, 1.54) is 4.88 Å². The van der Waals surface area contributed by atoms with Gasteiger partial charge in [-0.1, -0.05) is 12.1 Å². The number of oxazole rings is 2. The molecule has 2 aromatic rings. The van der Waals surface area contributed by atoms with Gasteiger partial charge in [-0.05, 0) is 47.8 Å². The van der Waals surface area contributed by atoms with Crippen LogP contribution in [0.4, 0.5) is 0 Å². The van der Waals surface area contributed by atoms with Gasteiger partial charge in [0, 0.05) is 23.5 Å². The molecule has 10 heteroatoms. The van der Waals surface area contributed by atoms with Crippen LogP contribution < -0.4 is 11.5 Å². The third-order valence-corrected chi connectivity index (χ3v) is 5.63. The smallest absolute Gasteiger partial charge is 0.405 e. The average Bonchev–Trinajstić information content (AvgIpc) is 3.55. The van der Waals surface area contributed by atoms with Gasteiger partial charge in [0.25, 0.3) is 0 Å². The summed E-state index contributed by atoms with van der Waals surface area (Å²) in [6.07, 6.45) is 5.47. The van der Waals surface area contributed by atoms with Gasteiger partial charge in [0.2, 0.25) is 0 Å². The van der Waals surface area contributed by atoms with E-state index in [4.69, 9.17) is 8.83 Å². The first-order chi connectivity index (χ1) is 16.2. The van der Waals surface area contributed by atoms with Crippen LogP contribution in [0.2, 0.25) is 0 Å². The van der Waals surface area contributed by atoms with Gasteiger partial charge < -0.3 is 18.0 Å². The Bertz CT molecular complexity index is 1510. The first-order valence-corrected chi connectivity index (χ1v) is 10.9. The topological polar surface area (TPSA) is 109 Å². The van der Waals surface area contributed by atoms with Crippen LogP contribution in [0.3, 0.4) is 0 Å². The summed E-state index contributed by atoms with van der Waals surface area (Å²) in [6, 6.07) is 16.9. The number of fused-ring (bicyclic) bond motifs is 2. The molecule has 6 rings (SSSR count). The molecule has 164 valence electrons. The first kappa shape index (κ1) is 20.6. The lowest BCUT2D eigenvalue weighted by Crippen LogP contribution is -2.06. The second-order valence-electron chi connectivity index (χ2n) is 7.01. The quantitative estimate of drug-likeness (QED) is 0.397. The summed E-state index contributed by atoms with van der Waals surface area (Å²) in [5, 5.41) is 2.03. The minimum absolute atomic E-state index is 0.494. The molecule has 33 heavy (non-hydrogen) atoms. The van der Waals surface area contributed by atoms with Crippen molar-refractivity contribution in [3.05, 3.63) is 110 Å². The lowest BCUT2D eigenvalue weighted by atomic mass is 10.3. The van der Waals surface area contributed by atoms with Crippen LogP contribution in [0.25, 0.3) is 23.2 Å². The molecule has 6 heterocycles. The molecule has 0 atom stereocenters. The van der Waals surface area contributed by atoms with Crippen LogP contribution in [0.1, 0.15) is 10.6 Å². The lowest BCUT2D eigenvalue weighted by molar-refractivity contribution is 0.529. The lowest BCUT2D eigenvalue weighted by Gasteiger charge is -2.08. The molecule has 9 nitrogen and oxygen atoms in total. The van der Waals surface area contributed by atoms with Crippen LogP contribution in [0.5, 0.6) is 0 Å². The predicted molar refractivity (Wildman–Crippen MR) is 122 cm³/mol. The van der Waals surface area contributed by atoms with Gasteiger partial charge >= 0.3 is 11.5 Å². The maximum absolute atomic E-state index is 11.1. The van der Waals surface area contributed by atoms with E-state index < -0.39 is 11.5 Å². The van der Waals surface area contributed by atoms with Gasteiger partial charge in [0.05, 0.1) is 18.8 Å². The number of rotatable bonds is 4. The Balaban J connectivity index is 0.000000139. The highest BCUT2D eigenvalue weighted by Gasteiger charge is 2.14. The molecule has 4 aliphatic heterocycles. The third-order valence-electron chi connectivity index (χ3n) is 4.77. The zero-order chi connectivity index (χ0) is 22.6. The molecule has 0 amide bonds. The summed E-state index contributed by atoms with van der Waals surface area (Å²) in [4.78, 5) is 35.2. The molecule has 0 saturated carbocycles. The number of thiophene rings is 1. The van der Waals surface area contributed by atoms with Crippen molar-refractivity contribution >= 4 is 11.3 Å². The van der Waals surface area contributed by atoms with Crippen LogP contribution in [0, 0.1) is 0 Å². The van der Waals surface area contributed by atoms with Gasteiger partial charge in [-0.25, -0.2) is 9.59 Å². The molecule has 0 N–H and O–H groups in total. The molecular weight excluding hydrogens is 442 g/mol. The van der Waals surface area contributed by atoms with Crippen molar-refractivity contribution in [1.29, 1.82) is 0 Å². The van der Waals surface area contributed by atoms with Crippen molar-refractivity contribution in [2.24, 2.45) is 0 Å². The maximum Gasteiger partial charge on any atom is 0.441 e. The van der Waals surface area contributed by atoms with Gasteiger partial charge in [0.1, 0.15) is 0 Å². The number of aromatic nitrogens is 5. The Kier molecular flexibility index (Phi) is 5.64. The van der Waals surface area contributed by atoms with Crippen molar-refractivity contribution in [1.82, 2.24) is 24.1 Å². The second kappa shape index (κ2) is 9.05. The van der Waals surface area contributed by atoms with E-state index in [0.29, 0.717) is 36.3 Å². The summed E-state index contributed by atoms with van der Waals surface area (Å²) >= 11 is 1.68. The fourth-order valence-electron chi connectivity index (χ4n) is 3.34. The number of pyridine rings is 3. The van der Waals surface area contributed by atoms with Gasteiger partial charge in [-0.2, -0.15) is 9.97 Å². The van der Waals surface area contributed by atoms with E-state index in [2.05, 4.69) is 21.0 Å². The Morgan fingerprint density at radius 3 is 2.00 bits per heavy atom. The normalized spacial score (nSPS) is 10.9. The Hall–Kier alpha value is -4.31. The Labute approximate surface area is 190 Å². The van der Waals surface area contributed by atoms with E-state index in [1.807, 2.05) is 63.3 Å². The number of hydrogen-bond donors (Lipinski definition) is 0. The summed E-state index contributed by atoms with van der Waals surface area (Å²) < 4.78 is 13.6. The summed E-state index contributed by atoms with van der Waals surface area (Å²) in [5.41, 5.74) is 0.903. The van der Waals surface area contributed by atoms with Crippen molar-refractivity contribution in [3.8, 4) is 23.2 Å². The third kappa shape index (κ3) is 4.65. The fourth-order valence-corrected chi connectivity index (χ4v) is 4.04. The summed E-state index contributed by atoms with van der Waals surface area (Å²) in [5.74, 6) is 1.06. The standard InChI is InChI=1S/C12H9N3O2.C11H8N2O2S/c16-12-14-11-10(17-12)5-3-7-15(11)8-9-4-1-2-6-13-9;14-11-12-10-9(15-11)4-1-5-13(10)7-8-3-2-6-16-8/h1-7H,8H2;1-6H,7H2. The minimum atomic E-state index is -0.569. The van der Waals surface area contributed by atoms with Crippen molar-refractivity contribution in [3.63, 3.8) is 0 Å². The fraction of sp³-hybridized carbons (Fsp3) is 0.0870. The second-order valence-corrected chi connectivity index (χ2v) is 8.04. The van der Waals surface area contributed by atoms with Gasteiger partial charge in [-0.15, -0.1) is 11.3 Å². The highest BCUT2D eigenvalue weighted by Crippen LogP contribution is 2.20. The molecule has 0 radical (unpaired) electrons. The molecule has 4 aliphatic rings. The van der Waals surface area contributed by atoms with Crippen molar-refractivity contribution in [2.45, 2.75) is 13.1 Å². The van der Waals surface area contributed by atoms with E-state index >= 15 is 0 Å². The highest BCUT2D eigenvalue weighted by atomic mass is 32.1. The molecular formula is C23H17N5O4S. The SMILES string of the molecule is O=c1nc2n(Cc3ccccn3)cccc-2o1.O=c1nc2n(Cc3cccs3)cccc-2o1. The first-order valence-electron chi connectivity index (χ1n) is 10.00. The summed E-state index contributed by atoms with van der Waals surface area (Å²) in [7, 11) is 0. The summed E-state index contributed by atoms with van der Waals surface area (Å²) in [6.45, 7) is 1.27. The largest absolute Gasteiger partial charge is 0.441 e. The zero-order valence-corrected chi connectivity index (χ0v) is 18.0. The molecule has 0 bridgehead atoms.